The van der Waals surface area contributed by atoms with Crippen molar-refractivity contribution in [2.45, 2.75) is 39.7 Å². The van der Waals surface area contributed by atoms with Gasteiger partial charge in [0, 0.05) is 42.1 Å². The van der Waals surface area contributed by atoms with Crippen molar-refractivity contribution in [3.63, 3.8) is 0 Å². The first-order chi connectivity index (χ1) is 15.4. The Morgan fingerprint density at radius 3 is 2.53 bits per heavy atom. The second-order valence-electron chi connectivity index (χ2n) is 8.62. The van der Waals surface area contributed by atoms with Gasteiger partial charge in [0.25, 0.3) is 0 Å². The standard InChI is InChI=1S/C26H32N2O4/c1-17(2)21-9-6-10-23(25(21)30-5)32-26(29)22-16-20-8-7-11-28(20)24(18(22)3)19(4)27-12-14-31-15-13-27/h6-11,16-17,19H,12-15H2,1-5H3. The van der Waals surface area contributed by atoms with Crippen LogP contribution in [0, 0.1) is 6.92 Å². The number of nitrogens with zero attached hydrogens (tertiary/aromatic N) is 2. The molecule has 4 rings (SSSR count). The molecule has 1 aliphatic heterocycles. The minimum atomic E-state index is -0.374. The van der Waals surface area contributed by atoms with Crippen LogP contribution in [0.5, 0.6) is 11.5 Å². The van der Waals surface area contributed by atoms with Gasteiger partial charge < -0.3 is 18.6 Å². The Bertz CT molecular complexity index is 1110. The number of hydrogen-bond donors (Lipinski definition) is 0. The van der Waals surface area contributed by atoms with Gasteiger partial charge in [0.2, 0.25) is 0 Å². The Morgan fingerprint density at radius 1 is 1.09 bits per heavy atom. The largest absolute Gasteiger partial charge is 0.493 e. The number of pyridine rings is 1. The summed E-state index contributed by atoms with van der Waals surface area (Å²) in [4.78, 5) is 15.8. The summed E-state index contributed by atoms with van der Waals surface area (Å²) in [5.41, 5.74) is 4.59. The summed E-state index contributed by atoms with van der Waals surface area (Å²) in [6.07, 6.45) is 2.05. The number of fused-ring (bicyclic) bond motifs is 1. The number of ether oxygens (including phenoxy) is 3. The minimum absolute atomic E-state index is 0.139. The van der Waals surface area contributed by atoms with Crippen molar-refractivity contribution in [1.82, 2.24) is 9.30 Å². The van der Waals surface area contributed by atoms with Gasteiger partial charge in [-0.15, -0.1) is 0 Å². The normalized spacial score (nSPS) is 15.8. The fraction of sp³-hybridized carbons (Fsp3) is 0.423. The topological polar surface area (TPSA) is 52.4 Å². The lowest BCUT2D eigenvalue weighted by Crippen LogP contribution is -2.39. The number of hydrogen-bond acceptors (Lipinski definition) is 5. The molecule has 0 amide bonds. The van der Waals surface area contributed by atoms with E-state index in [1.54, 1.807) is 13.2 Å². The summed E-state index contributed by atoms with van der Waals surface area (Å²) in [6, 6.07) is 11.8. The average molecular weight is 437 g/mol. The second-order valence-corrected chi connectivity index (χ2v) is 8.62. The van der Waals surface area contributed by atoms with Crippen LogP contribution in [-0.4, -0.2) is 48.7 Å². The molecule has 1 saturated heterocycles. The van der Waals surface area contributed by atoms with Crippen LogP contribution in [0.3, 0.4) is 0 Å². The maximum Gasteiger partial charge on any atom is 0.344 e. The number of para-hydroxylation sites is 1. The van der Waals surface area contributed by atoms with Crippen LogP contribution >= 0.6 is 0 Å². The number of morpholine rings is 1. The predicted octanol–water partition coefficient (Wildman–Crippen LogP) is 4.99. The van der Waals surface area contributed by atoms with Crippen LogP contribution in [0.25, 0.3) is 5.52 Å². The molecule has 2 aromatic heterocycles. The Balaban J connectivity index is 1.73. The van der Waals surface area contributed by atoms with Crippen molar-refractivity contribution < 1.29 is 19.0 Å². The highest BCUT2D eigenvalue weighted by molar-refractivity contribution is 5.94. The molecule has 6 heteroatoms. The molecule has 1 aliphatic rings. The van der Waals surface area contributed by atoms with Gasteiger partial charge in [-0.05, 0) is 49.6 Å². The van der Waals surface area contributed by atoms with Crippen molar-refractivity contribution in [2.24, 2.45) is 0 Å². The molecule has 3 heterocycles. The lowest BCUT2D eigenvalue weighted by molar-refractivity contribution is 0.0187. The van der Waals surface area contributed by atoms with E-state index in [0.717, 1.165) is 48.6 Å². The van der Waals surface area contributed by atoms with Gasteiger partial charge >= 0.3 is 5.97 Å². The van der Waals surface area contributed by atoms with Gasteiger partial charge in [0.05, 0.1) is 25.9 Å². The maximum absolute atomic E-state index is 13.4. The van der Waals surface area contributed by atoms with Crippen molar-refractivity contribution in [3.05, 3.63) is 65.0 Å². The summed E-state index contributed by atoms with van der Waals surface area (Å²) in [6.45, 7) is 11.6. The van der Waals surface area contributed by atoms with Crippen LogP contribution in [-0.2, 0) is 4.74 Å². The highest BCUT2D eigenvalue weighted by Gasteiger charge is 2.26. The molecular formula is C26H32N2O4. The third-order valence-electron chi connectivity index (χ3n) is 6.37. The lowest BCUT2D eigenvalue weighted by Gasteiger charge is -2.34. The van der Waals surface area contributed by atoms with E-state index in [1.165, 1.54) is 0 Å². The van der Waals surface area contributed by atoms with E-state index < -0.39 is 0 Å². The number of carbonyl (C=O) groups is 1. The zero-order valence-electron chi connectivity index (χ0n) is 19.6. The fourth-order valence-electron chi connectivity index (χ4n) is 4.61. The first-order valence-electron chi connectivity index (χ1n) is 11.2. The van der Waals surface area contributed by atoms with Crippen molar-refractivity contribution >= 4 is 11.5 Å². The molecule has 32 heavy (non-hydrogen) atoms. The first kappa shape index (κ1) is 22.4. The fourth-order valence-corrected chi connectivity index (χ4v) is 4.61. The van der Waals surface area contributed by atoms with E-state index >= 15 is 0 Å². The van der Waals surface area contributed by atoms with E-state index in [2.05, 4.69) is 36.3 Å². The number of aromatic nitrogens is 1. The van der Waals surface area contributed by atoms with Crippen molar-refractivity contribution in [1.29, 1.82) is 0 Å². The Hall–Kier alpha value is -2.83. The van der Waals surface area contributed by atoms with E-state index in [-0.39, 0.29) is 17.9 Å². The van der Waals surface area contributed by atoms with Gasteiger partial charge in [0.15, 0.2) is 11.5 Å². The molecule has 0 N–H and O–H groups in total. The number of benzene rings is 1. The summed E-state index contributed by atoms with van der Waals surface area (Å²) < 4.78 is 19.2. The van der Waals surface area contributed by atoms with Gasteiger partial charge in [-0.2, -0.15) is 0 Å². The van der Waals surface area contributed by atoms with E-state index in [9.17, 15) is 4.79 Å². The van der Waals surface area contributed by atoms with Crippen molar-refractivity contribution in [2.75, 3.05) is 33.4 Å². The molecule has 1 atom stereocenters. The van der Waals surface area contributed by atoms with Crippen LogP contribution in [0.15, 0.2) is 42.6 Å². The Kier molecular flexibility index (Phi) is 6.53. The first-order valence-corrected chi connectivity index (χ1v) is 11.2. The van der Waals surface area contributed by atoms with Gasteiger partial charge in [-0.3, -0.25) is 4.90 Å². The molecule has 1 unspecified atom stereocenters. The van der Waals surface area contributed by atoms with Crippen LogP contribution in [0.1, 0.15) is 59.9 Å². The zero-order valence-corrected chi connectivity index (χ0v) is 19.6. The quantitative estimate of drug-likeness (QED) is 0.402. The highest BCUT2D eigenvalue weighted by atomic mass is 16.6. The van der Waals surface area contributed by atoms with E-state index in [1.807, 2.05) is 37.3 Å². The Labute approximate surface area is 189 Å². The SMILES string of the molecule is COc1c(OC(=O)c2cc3cccn3c(C(C)N3CCOCC3)c2C)cccc1C(C)C. The van der Waals surface area contributed by atoms with Crippen LogP contribution < -0.4 is 9.47 Å². The third-order valence-corrected chi connectivity index (χ3v) is 6.37. The molecule has 1 fully saturated rings. The molecule has 0 saturated carbocycles. The van der Waals surface area contributed by atoms with Gasteiger partial charge in [0.1, 0.15) is 0 Å². The molecule has 1 aromatic carbocycles. The number of carbonyl (C=O) groups excluding carboxylic acids is 1. The molecule has 0 aliphatic carbocycles. The van der Waals surface area contributed by atoms with E-state index in [0.29, 0.717) is 17.1 Å². The minimum Gasteiger partial charge on any atom is -0.493 e. The molecule has 0 bridgehead atoms. The molecule has 6 nitrogen and oxygen atoms in total. The molecule has 170 valence electrons. The van der Waals surface area contributed by atoms with Crippen LogP contribution in [0.2, 0.25) is 0 Å². The van der Waals surface area contributed by atoms with Crippen LogP contribution in [0.4, 0.5) is 0 Å². The number of methoxy groups -OCH3 is 1. The molecule has 3 aromatic rings. The lowest BCUT2D eigenvalue weighted by atomic mass is 10.0. The summed E-state index contributed by atoms with van der Waals surface area (Å²) in [7, 11) is 1.61. The number of esters is 1. The summed E-state index contributed by atoms with van der Waals surface area (Å²) >= 11 is 0. The van der Waals surface area contributed by atoms with Gasteiger partial charge in [-0.25, -0.2) is 4.79 Å². The number of rotatable bonds is 6. The highest BCUT2D eigenvalue weighted by Crippen LogP contribution is 2.36. The average Bonchev–Trinajstić information content (AvgIpc) is 3.26. The maximum atomic E-state index is 13.4. The monoisotopic (exact) mass is 436 g/mol. The smallest absolute Gasteiger partial charge is 0.344 e. The predicted molar refractivity (Wildman–Crippen MR) is 125 cm³/mol. The summed E-state index contributed by atoms with van der Waals surface area (Å²) in [5, 5.41) is 0. The van der Waals surface area contributed by atoms with E-state index in [4.69, 9.17) is 14.2 Å². The van der Waals surface area contributed by atoms with Crippen molar-refractivity contribution in [3.8, 4) is 11.5 Å². The zero-order chi connectivity index (χ0) is 22.8. The molecule has 0 spiro atoms. The Morgan fingerprint density at radius 2 is 1.84 bits per heavy atom. The molecular weight excluding hydrogens is 404 g/mol. The summed E-state index contributed by atoms with van der Waals surface area (Å²) in [5.74, 6) is 0.935. The molecule has 0 radical (unpaired) electrons. The van der Waals surface area contributed by atoms with Gasteiger partial charge in [-0.1, -0.05) is 26.0 Å². The second kappa shape index (κ2) is 9.35. The third kappa shape index (κ3) is 4.12.